The van der Waals surface area contributed by atoms with Crippen LogP contribution in [0.2, 0.25) is 0 Å². The van der Waals surface area contributed by atoms with Crippen LogP contribution in [0.4, 0.5) is 0 Å². The van der Waals surface area contributed by atoms with E-state index in [4.69, 9.17) is 10.5 Å². The summed E-state index contributed by atoms with van der Waals surface area (Å²) in [5.74, 6) is 0.896. The first kappa shape index (κ1) is 15.5. The minimum atomic E-state index is 0.287. The van der Waals surface area contributed by atoms with Gasteiger partial charge >= 0.3 is 0 Å². The summed E-state index contributed by atoms with van der Waals surface area (Å²) in [4.78, 5) is 0. The molecule has 0 heterocycles. The van der Waals surface area contributed by atoms with Gasteiger partial charge in [0.2, 0.25) is 0 Å². The lowest BCUT2D eigenvalue weighted by Crippen LogP contribution is -2.34. The molecular weight excluding hydrogens is 260 g/mol. The number of hydrogen-bond acceptors (Lipinski definition) is 3. The monoisotopic (exact) mass is 284 g/mol. The van der Waals surface area contributed by atoms with E-state index in [0.717, 1.165) is 16.9 Å². The lowest BCUT2D eigenvalue weighted by atomic mass is 10.0. The van der Waals surface area contributed by atoms with Crippen molar-refractivity contribution in [2.75, 3.05) is 13.7 Å². The van der Waals surface area contributed by atoms with E-state index in [-0.39, 0.29) is 6.04 Å². The maximum absolute atomic E-state index is 5.65. The zero-order valence-electron chi connectivity index (χ0n) is 13.0. The van der Waals surface area contributed by atoms with E-state index in [1.165, 1.54) is 5.56 Å². The van der Waals surface area contributed by atoms with Crippen LogP contribution in [-0.4, -0.2) is 19.7 Å². The minimum Gasteiger partial charge on any atom is -0.496 e. The van der Waals surface area contributed by atoms with Crippen molar-refractivity contribution in [2.24, 2.45) is 5.73 Å². The molecule has 112 valence electrons. The first-order valence-corrected chi connectivity index (χ1v) is 7.35. The van der Waals surface area contributed by atoms with Gasteiger partial charge in [-0.05, 0) is 31.0 Å². The summed E-state index contributed by atoms with van der Waals surface area (Å²) in [6.07, 6.45) is 0. The average Bonchev–Trinajstić information content (AvgIpc) is 2.54. The molecule has 2 aromatic rings. The van der Waals surface area contributed by atoms with E-state index >= 15 is 0 Å². The van der Waals surface area contributed by atoms with E-state index in [1.54, 1.807) is 7.11 Å². The molecule has 3 N–H and O–H groups in total. The van der Waals surface area contributed by atoms with E-state index < -0.39 is 0 Å². The van der Waals surface area contributed by atoms with E-state index in [0.29, 0.717) is 12.6 Å². The Labute approximate surface area is 127 Å². The molecule has 0 aliphatic heterocycles. The summed E-state index contributed by atoms with van der Waals surface area (Å²) < 4.78 is 5.42. The third-order valence-corrected chi connectivity index (χ3v) is 3.72. The molecule has 1 unspecified atom stereocenters. The van der Waals surface area contributed by atoms with Crippen molar-refractivity contribution >= 4 is 0 Å². The Morgan fingerprint density at radius 3 is 2.33 bits per heavy atom. The third kappa shape index (κ3) is 3.84. The van der Waals surface area contributed by atoms with Crippen LogP contribution >= 0.6 is 0 Å². The number of methoxy groups -OCH3 is 1. The molecule has 0 saturated carbocycles. The fraction of sp³-hybridized carbons (Fsp3) is 0.333. The van der Waals surface area contributed by atoms with Crippen LogP contribution in [0.1, 0.15) is 25.5 Å². The molecule has 3 nitrogen and oxygen atoms in total. The van der Waals surface area contributed by atoms with Crippen molar-refractivity contribution in [1.82, 2.24) is 5.32 Å². The van der Waals surface area contributed by atoms with Gasteiger partial charge in [-0.2, -0.15) is 0 Å². The van der Waals surface area contributed by atoms with Gasteiger partial charge in [0.15, 0.2) is 0 Å². The number of nitrogens with one attached hydrogen (secondary N) is 1. The van der Waals surface area contributed by atoms with Crippen molar-refractivity contribution in [1.29, 1.82) is 0 Å². The maximum atomic E-state index is 5.65. The molecule has 0 bridgehead atoms. The predicted octanol–water partition coefficient (Wildman–Crippen LogP) is 3.36. The second-order valence-corrected chi connectivity index (χ2v) is 5.35. The van der Waals surface area contributed by atoms with Gasteiger partial charge in [-0.3, -0.25) is 0 Å². The largest absolute Gasteiger partial charge is 0.496 e. The molecule has 2 rings (SSSR count). The Balaban J connectivity index is 2.19. The number of ether oxygens (including phenoxy) is 1. The molecule has 21 heavy (non-hydrogen) atoms. The fourth-order valence-corrected chi connectivity index (χ4v) is 2.43. The number of nitrogens with two attached hydrogens (primary N) is 1. The maximum Gasteiger partial charge on any atom is 0.126 e. The Hall–Kier alpha value is -1.84. The molecule has 0 aliphatic rings. The molecule has 3 heteroatoms. The topological polar surface area (TPSA) is 47.3 Å². The summed E-state index contributed by atoms with van der Waals surface area (Å²) in [5, 5.41) is 3.48. The smallest absolute Gasteiger partial charge is 0.126 e. The van der Waals surface area contributed by atoms with Crippen LogP contribution in [-0.2, 0) is 0 Å². The summed E-state index contributed by atoms with van der Waals surface area (Å²) in [7, 11) is 1.70. The van der Waals surface area contributed by atoms with Crippen molar-refractivity contribution in [3.05, 3.63) is 54.1 Å². The highest BCUT2D eigenvalue weighted by molar-refractivity contribution is 5.70. The minimum absolute atomic E-state index is 0.287. The molecule has 2 aromatic carbocycles. The molecule has 0 aromatic heterocycles. The van der Waals surface area contributed by atoms with Crippen LogP contribution < -0.4 is 15.8 Å². The zero-order chi connectivity index (χ0) is 15.2. The first-order chi connectivity index (χ1) is 10.2. The van der Waals surface area contributed by atoms with Crippen LogP contribution in [0, 0.1) is 0 Å². The Kier molecular flexibility index (Phi) is 5.37. The highest BCUT2D eigenvalue weighted by atomic mass is 16.5. The molecule has 0 aliphatic carbocycles. The molecule has 0 spiro atoms. The predicted molar refractivity (Wildman–Crippen MR) is 88.5 cm³/mol. The van der Waals surface area contributed by atoms with Crippen LogP contribution in [0.15, 0.2) is 48.5 Å². The lowest BCUT2D eigenvalue weighted by Gasteiger charge is -2.19. The van der Waals surface area contributed by atoms with Crippen molar-refractivity contribution in [3.63, 3.8) is 0 Å². The summed E-state index contributed by atoms with van der Waals surface area (Å²) in [5.41, 5.74) is 9.19. The van der Waals surface area contributed by atoms with Crippen molar-refractivity contribution in [2.45, 2.75) is 25.9 Å². The average molecular weight is 284 g/mol. The van der Waals surface area contributed by atoms with Gasteiger partial charge in [0, 0.05) is 24.2 Å². The quantitative estimate of drug-likeness (QED) is 0.855. The second-order valence-electron chi connectivity index (χ2n) is 5.35. The van der Waals surface area contributed by atoms with Crippen molar-refractivity contribution < 1.29 is 4.74 Å². The molecule has 2 atom stereocenters. The number of hydrogen-bond donors (Lipinski definition) is 2. The van der Waals surface area contributed by atoms with Gasteiger partial charge in [0.1, 0.15) is 5.75 Å². The van der Waals surface area contributed by atoms with Gasteiger partial charge in [0.05, 0.1) is 7.11 Å². The van der Waals surface area contributed by atoms with Gasteiger partial charge in [-0.25, -0.2) is 0 Å². The number of para-hydroxylation sites is 1. The van der Waals surface area contributed by atoms with Crippen LogP contribution in [0.25, 0.3) is 11.1 Å². The van der Waals surface area contributed by atoms with Crippen LogP contribution in [0.5, 0.6) is 5.75 Å². The lowest BCUT2D eigenvalue weighted by molar-refractivity contribution is 0.416. The SMILES string of the molecule is COc1ccccc1-c1ccc(C(C)N[C@H](C)CN)cc1. The van der Waals surface area contributed by atoms with E-state index in [9.17, 15) is 0 Å². The summed E-state index contributed by atoms with van der Waals surface area (Å²) >= 11 is 0. The van der Waals surface area contributed by atoms with Crippen LogP contribution in [0.3, 0.4) is 0 Å². The molecule has 0 saturated heterocycles. The molecular formula is C18H24N2O. The first-order valence-electron chi connectivity index (χ1n) is 7.35. The fourth-order valence-electron chi connectivity index (χ4n) is 2.43. The number of rotatable bonds is 6. The second kappa shape index (κ2) is 7.25. The van der Waals surface area contributed by atoms with E-state index in [2.05, 4.69) is 49.5 Å². The highest BCUT2D eigenvalue weighted by Crippen LogP contribution is 2.30. The Bertz CT molecular complexity index is 566. The van der Waals surface area contributed by atoms with Gasteiger partial charge in [-0.1, -0.05) is 42.5 Å². The summed E-state index contributed by atoms with van der Waals surface area (Å²) in [6.45, 7) is 4.90. The van der Waals surface area contributed by atoms with Gasteiger partial charge in [0.25, 0.3) is 0 Å². The zero-order valence-corrected chi connectivity index (χ0v) is 13.0. The Morgan fingerprint density at radius 2 is 1.71 bits per heavy atom. The van der Waals surface area contributed by atoms with E-state index in [1.807, 2.05) is 18.2 Å². The number of benzene rings is 2. The van der Waals surface area contributed by atoms with Gasteiger partial charge < -0.3 is 15.8 Å². The summed E-state index contributed by atoms with van der Waals surface area (Å²) in [6, 6.07) is 17.3. The third-order valence-electron chi connectivity index (χ3n) is 3.72. The normalized spacial score (nSPS) is 13.7. The molecule has 0 fully saturated rings. The Morgan fingerprint density at radius 1 is 1.05 bits per heavy atom. The molecule has 0 amide bonds. The molecule has 0 radical (unpaired) electrons. The standard InChI is InChI=1S/C18H24N2O/c1-13(12-19)20-14(2)15-8-10-16(11-9-15)17-6-4-5-7-18(17)21-3/h4-11,13-14,20H,12,19H2,1-3H3/t13-,14?/m1/s1. The highest BCUT2D eigenvalue weighted by Gasteiger charge is 2.09. The van der Waals surface area contributed by atoms with Gasteiger partial charge in [-0.15, -0.1) is 0 Å². The van der Waals surface area contributed by atoms with Crippen molar-refractivity contribution in [3.8, 4) is 16.9 Å².